The van der Waals surface area contributed by atoms with Crippen LogP contribution in [0.25, 0.3) is 0 Å². The molecule has 3 nitrogen and oxygen atoms in total. The second-order valence-corrected chi connectivity index (χ2v) is 0. The number of hydrogen-bond acceptors (Lipinski definition) is 0. The zero-order chi connectivity index (χ0) is 0. The van der Waals surface area contributed by atoms with E-state index in [-0.39, 0.29) is 78.3 Å². The van der Waals surface area contributed by atoms with E-state index < -0.39 is 0 Å². The first-order valence-corrected chi connectivity index (χ1v) is 0. The molecule has 5 heteroatoms. The van der Waals surface area contributed by atoms with Crippen molar-refractivity contribution in [3.05, 3.63) is 0 Å². The van der Waals surface area contributed by atoms with Crippen LogP contribution in [-0.4, -0.2) is 0 Å². The van der Waals surface area contributed by atoms with E-state index in [0.29, 0.717) is 0 Å². The smallest absolute Gasteiger partial charge is 0 e. The van der Waals surface area contributed by atoms with Gasteiger partial charge in [-0.05, 0) is 0 Å². The van der Waals surface area contributed by atoms with Gasteiger partial charge < -0.3 is 16.4 Å². The van der Waals surface area contributed by atoms with Gasteiger partial charge in [-0.1, -0.05) is 0 Å². The van der Waals surface area contributed by atoms with Crippen LogP contribution in [0.2, 0.25) is 0 Å². The molecular weight excluding hydrogens is 288 g/mol. The molecule has 0 rings (SSSR count). The minimum Gasteiger partial charge on any atom is -2.00 e. The van der Waals surface area contributed by atoms with Crippen LogP contribution in [-0.2, 0) is 37.5 Å². The summed E-state index contributed by atoms with van der Waals surface area (Å²) < 4.78 is 0. The molecule has 0 N–H and O–H groups in total. The van der Waals surface area contributed by atoms with E-state index in [9.17, 15) is 0 Å². The average Bonchev–Trinajstić information content (AvgIpc) is 0. The Morgan fingerprint density at radius 2 is 0.600 bits per heavy atom. The van der Waals surface area contributed by atoms with Gasteiger partial charge in [0.25, 0.3) is 0 Å². The predicted octanol–water partition coefficient (Wildman–Crippen LogP) is -0.359. The molecule has 0 atom stereocenters. The fraction of sp³-hybridized carbons (Fsp3) is 0. The SMILES string of the molecule is [Mo].[Nd].[O-2].[O-2].[O-2]. The van der Waals surface area contributed by atoms with Crippen LogP contribution in [0, 0.1) is 40.8 Å². The molecule has 0 saturated heterocycles. The van der Waals surface area contributed by atoms with E-state index >= 15 is 0 Å². The van der Waals surface area contributed by atoms with Gasteiger partial charge in [0.05, 0.1) is 0 Å². The third-order valence-electron chi connectivity index (χ3n) is 0. The fourth-order valence-electron chi connectivity index (χ4n) is 0. The van der Waals surface area contributed by atoms with Crippen LogP contribution in [0.4, 0.5) is 0 Å². The fourth-order valence-corrected chi connectivity index (χ4v) is 0. The van der Waals surface area contributed by atoms with Gasteiger partial charge in [-0.15, -0.1) is 0 Å². The third kappa shape index (κ3) is 24.7. The van der Waals surface area contributed by atoms with Crippen molar-refractivity contribution in [1.82, 2.24) is 0 Å². The van der Waals surface area contributed by atoms with Crippen molar-refractivity contribution in [3.8, 4) is 0 Å². The first kappa shape index (κ1) is 65.8. The summed E-state index contributed by atoms with van der Waals surface area (Å²) in [6.45, 7) is 0. The van der Waals surface area contributed by atoms with E-state index in [1.807, 2.05) is 0 Å². The molecule has 0 bridgehead atoms. The van der Waals surface area contributed by atoms with Crippen LogP contribution in [0.5, 0.6) is 0 Å². The minimum absolute atomic E-state index is 0. The molecule has 5 heavy (non-hydrogen) atoms. The molecule has 0 fully saturated rings. The van der Waals surface area contributed by atoms with Gasteiger partial charge in [0.15, 0.2) is 0 Å². The molecule has 0 heterocycles. The molecule has 0 saturated carbocycles. The molecule has 34 valence electrons. The molecule has 0 aromatic heterocycles. The molecule has 0 spiro atoms. The van der Waals surface area contributed by atoms with Gasteiger partial charge in [0, 0.05) is 61.9 Å². The molecule has 0 aliphatic carbocycles. The first-order chi connectivity index (χ1) is 0. The molecule has 0 aromatic rings. The summed E-state index contributed by atoms with van der Waals surface area (Å²) in [5, 5.41) is 0. The van der Waals surface area contributed by atoms with E-state index in [1.165, 1.54) is 0 Å². The first-order valence-electron chi connectivity index (χ1n) is 0. The van der Waals surface area contributed by atoms with Crippen molar-refractivity contribution in [2.75, 3.05) is 0 Å². The quantitative estimate of drug-likeness (QED) is 0.545. The largest absolute Gasteiger partial charge is 2.00 e. The van der Waals surface area contributed by atoms with Crippen LogP contribution < -0.4 is 0 Å². The molecular formula is MoNdO3-6. The summed E-state index contributed by atoms with van der Waals surface area (Å²) in [4.78, 5) is 0. The van der Waals surface area contributed by atoms with Crippen molar-refractivity contribution >= 4 is 0 Å². The Kier molecular flexibility index (Phi) is 512. The number of rotatable bonds is 0. The summed E-state index contributed by atoms with van der Waals surface area (Å²) in [5.74, 6) is 0. The summed E-state index contributed by atoms with van der Waals surface area (Å²) in [7, 11) is 0. The Morgan fingerprint density at radius 1 is 0.600 bits per heavy atom. The molecule has 0 aliphatic rings. The molecule has 0 aliphatic heterocycles. The van der Waals surface area contributed by atoms with Crippen LogP contribution in [0.1, 0.15) is 0 Å². The van der Waals surface area contributed by atoms with Gasteiger partial charge >= 0.3 is 0 Å². The Labute approximate surface area is 77.2 Å². The number of hydrogen-bond donors (Lipinski definition) is 0. The zero-order valence-corrected chi connectivity index (χ0v) is 7.35. The molecule has 0 amide bonds. The van der Waals surface area contributed by atoms with Gasteiger partial charge in [-0.3, -0.25) is 0 Å². The Bertz CT molecular complexity index is 6.85. The maximum absolute atomic E-state index is 0. The summed E-state index contributed by atoms with van der Waals surface area (Å²) in [6, 6.07) is 0. The molecule has 0 radical (unpaired) electrons. The van der Waals surface area contributed by atoms with Crippen LogP contribution in [0.15, 0.2) is 0 Å². The Hall–Kier alpha value is 1.92. The normalized spacial score (nSPS) is 0. The van der Waals surface area contributed by atoms with Crippen LogP contribution >= 0.6 is 0 Å². The van der Waals surface area contributed by atoms with Crippen molar-refractivity contribution in [1.29, 1.82) is 0 Å². The Morgan fingerprint density at radius 3 is 0.600 bits per heavy atom. The van der Waals surface area contributed by atoms with E-state index in [0.717, 1.165) is 0 Å². The monoisotopic (exact) mass is 288 g/mol. The van der Waals surface area contributed by atoms with Crippen molar-refractivity contribution in [2.24, 2.45) is 0 Å². The molecule has 0 aromatic carbocycles. The summed E-state index contributed by atoms with van der Waals surface area (Å²) >= 11 is 0. The zero-order valence-electron chi connectivity index (χ0n) is 2.13. The van der Waals surface area contributed by atoms with Crippen LogP contribution in [0.3, 0.4) is 0 Å². The average molecular weight is 288 g/mol. The second-order valence-electron chi connectivity index (χ2n) is 0. The topological polar surface area (TPSA) is 85.5 Å². The minimum atomic E-state index is 0. The maximum atomic E-state index is 0. The third-order valence-corrected chi connectivity index (χ3v) is 0. The van der Waals surface area contributed by atoms with E-state index in [4.69, 9.17) is 0 Å². The van der Waals surface area contributed by atoms with Gasteiger partial charge in [-0.2, -0.15) is 0 Å². The standard InChI is InChI=1S/Mo.Nd.3O/q;;3*-2. The predicted molar refractivity (Wildman–Crippen MR) is 2.06 cm³/mol. The molecule has 0 unspecified atom stereocenters. The Balaban J connectivity index is 0. The van der Waals surface area contributed by atoms with E-state index in [2.05, 4.69) is 0 Å². The summed E-state index contributed by atoms with van der Waals surface area (Å²) in [6.07, 6.45) is 0. The van der Waals surface area contributed by atoms with E-state index in [1.54, 1.807) is 0 Å². The van der Waals surface area contributed by atoms with Crippen molar-refractivity contribution in [2.45, 2.75) is 0 Å². The maximum Gasteiger partial charge on any atom is 0 e. The van der Waals surface area contributed by atoms with Gasteiger partial charge in [0.2, 0.25) is 0 Å². The van der Waals surface area contributed by atoms with Crippen molar-refractivity contribution in [3.63, 3.8) is 0 Å². The summed E-state index contributed by atoms with van der Waals surface area (Å²) in [5.41, 5.74) is 0. The van der Waals surface area contributed by atoms with Gasteiger partial charge in [-0.25, -0.2) is 0 Å². The van der Waals surface area contributed by atoms with Crippen molar-refractivity contribution < 1.29 is 78.3 Å². The van der Waals surface area contributed by atoms with Gasteiger partial charge in [0.1, 0.15) is 0 Å². The second kappa shape index (κ2) is 38.9.